The van der Waals surface area contributed by atoms with Gasteiger partial charge in [0.1, 0.15) is 4.99 Å². The van der Waals surface area contributed by atoms with Crippen molar-refractivity contribution in [3.63, 3.8) is 0 Å². The van der Waals surface area contributed by atoms with Crippen LogP contribution in [0.4, 0.5) is 13.2 Å². The first-order valence-corrected chi connectivity index (χ1v) is 6.21. The average molecular weight is 350 g/mol. The molecule has 0 aliphatic carbocycles. The maximum absolute atomic E-state index is 12.5. The fourth-order valence-electron chi connectivity index (χ4n) is 1.50. The molecule has 0 saturated carbocycles. The highest BCUT2D eigenvalue weighted by Gasteiger charge is 2.32. The van der Waals surface area contributed by atoms with Crippen molar-refractivity contribution in [2.75, 3.05) is 0 Å². The largest absolute Gasteiger partial charge is 0.419 e. The van der Waals surface area contributed by atoms with Crippen LogP contribution in [0, 0.1) is 0 Å². The van der Waals surface area contributed by atoms with Crippen LogP contribution in [0.3, 0.4) is 0 Å². The van der Waals surface area contributed by atoms with Crippen LogP contribution in [0.2, 0.25) is 0 Å². The molecule has 19 heavy (non-hydrogen) atoms. The molecular weight excluding hydrogens is 343 g/mol. The first-order chi connectivity index (χ1) is 8.79. The highest BCUT2D eigenvalue weighted by Crippen LogP contribution is 2.30. The first-order valence-electron chi connectivity index (χ1n) is 5.00. The molecule has 0 amide bonds. The minimum absolute atomic E-state index is 0.0894. The van der Waals surface area contributed by atoms with Gasteiger partial charge >= 0.3 is 6.18 Å². The van der Waals surface area contributed by atoms with E-state index in [1.165, 1.54) is 0 Å². The monoisotopic (exact) mass is 349 g/mol. The molecule has 0 atom stereocenters. The number of thiocarbonyl (C=S) groups is 1. The van der Waals surface area contributed by atoms with Gasteiger partial charge in [0.05, 0.1) is 17.4 Å². The Hall–Kier alpha value is -1.41. The van der Waals surface area contributed by atoms with Gasteiger partial charge in [0.25, 0.3) is 0 Å². The number of rotatable bonds is 2. The molecule has 100 valence electrons. The molecule has 0 bridgehead atoms. The zero-order valence-corrected chi connectivity index (χ0v) is 11.7. The van der Waals surface area contributed by atoms with Gasteiger partial charge < -0.3 is 5.73 Å². The summed E-state index contributed by atoms with van der Waals surface area (Å²) in [6, 6.07) is 4.92. The second-order valence-corrected chi connectivity index (χ2v) is 5.05. The zero-order valence-electron chi connectivity index (χ0n) is 9.28. The molecule has 0 saturated heterocycles. The fraction of sp³-hybridized carbons (Fsp3) is 0.0909. The molecule has 1 aromatic heterocycles. The summed E-state index contributed by atoms with van der Waals surface area (Å²) in [6.07, 6.45) is -2.79. The molecule has 0 aliphatic rings. The van der Waals surface area contributed by atoms with Crippen LogP contribution in [0.1, 0.15) is 11.1 Å². The van der Waals surface area contributed by atoms with E-state index < -0.39 is 11.7 Å². The van der Waals surface area contributed by atoms with E-state index >= 15 is 0 Å². The van der Waals surface area contributed by atoms with Gasteiger partial charge in [-0.15, -0.1) is 0 Å². The number of halogens is 4. The topological polar surface area (TPSA) is 43.8 Å². The lowest BCUT2D eigenvalue weighted by atomic mass is 10.2. The Morgan fingerprint density at radius 1 is 1.37 bits per heavy atom. The van der Waals surface area contributed by atoms with E-state index in [4.69, 9.17) is 18.0 Å². The lowest BCUT2D eigenvalue weighted by Gasteiger charge is -2.09. The third-order valence-electron chi connectivity index (χ3n) is 2.38. The van der Waals surface area contributed by atoms with Crippen molar-refractivity contribution in [1.29, 1.82) is 0 Å². The van der Waals surface area contributed by atoms with Gasteiger partial charge in [-0.1, -0.05) is 28.1 Å². The minimum Gasteiger partial charge on any atom is -0.389 e. The Balaban J connectivity index is 2.55. The standard InChI is InChI=1S/C11H7BrF3N3S/c12-7-1-2-8(10(16)19)9(3-7)18-5-6(4-17-18)11(13,14)15/h1-5H,(H2,16,19). The summed E-state index contributed by atoms with van der Waals surface area (Å²) in [5.41, 5.74) is 5.56. The molecule has 1 heterocycles. The van der Waals surface area contributed by atoms with Crippen molar-refractivity contribution >= 4 is 33.1 Å². The summed E-state index contributed by atoms with van der Waals surface area (Å²) >= 11 is 8.11. The summed E-state index contributed by atoms with van der Waals surface area (Å²) in [7, 11) is 0. The second kappa shape index (κ2) is 4.93. The predicted molar refractivity (Wildman–Crippen MR) is 72.2 cm³/mol. The van der Waals surface area contributed by atoms with Crippen molar-refractivity contribution < 1.29 is 13.2 Å². The highest BCUT2D eigenvalue weighted by molar-refractivity contribution is 9.10. The van der Waals surface area contributed by atoms with Gasteiger partial charge in [-0.3, -0.25) is 0 Å². The molecule has 0 spiro atoms. The molecule has 0 fully saturated rings. The van der Waals surface area contributed by atoms with Gasteiger partial charge in [0.2, 0.25) is 0 Å². The van der Waals surface area contributed by atoms with E-state index in [-0.39, 0.29) is 4.99 Å². The summed E-state index contributed by atoms with van der Waals surface area (Å²) in [5, 5.41) is 3.70. The van der Waals surface area contributed by atoms with Gasteiger partial charge in [-0.05, 0) is 18.2 Å². The van der Waals surface area contributed by atoms with Gasteiger partial charge in [0, 0.05) is 16.2 Å². The smallest absolute Gasteiger partial charge is 0.389 e. The van der Waals surface area contributed by atoms with Crippen LogP contribution in [-0.2, 0) is 6.18 Å². The predicted octanol–water partition coefficient (Wildman–Crippen LogP) is 3.29. The molecule has 2 N–H and O–H groups in total. The van der Waals surface area contributed by atoms with Crippen molar-refractivity contribution in [1.82, 2.24) is 9.78 Å². The Bertz CT molecular complexity index is 636. The van der Waals surface area contributed by atoms with Crippen molar-refractivity contribution in [3.8, 4) is 5.69 Å². The highest BCUT2D eigenvalue weighted by atomic mass is 79.9. The molecule has 2 rings (SSSR count). The molecule has 8 heteroatoms. The fourth-order valence-corrected chi connectivity index (χ4v) is 2.03. The molecule has 0 aliphatic heterocycles. The Kier molecular flexibility index (Phi) is 3.64. The number of nitrogens with zero attached hydrogens (tertiary/aromatic N) is 2. The third-order valence-corrected chi connectivity index (χ3v) is 3.10. The van der Waals surface area contributed by atoms with E-state index in [0.29, 0.717) is 15.7 Å². The quantitative estimate of drug-likeness (QED) is 0.846. The number of hydrogen-bond donors (Lipinski definition) is 1. The molecule has 0 unspecified atom stereocenters. The normalized spacial score (nSPS) is 11.6. The lowest BCUT2D eigenvalue weighted by molar-refractivity contribution is -0.137. The maximum Gasteiger partial charge on any atom is 0.419 e. The molecule has 0 radical (unpaired) electrons. The van der Waals surface area contributed by atoms with Crippen LogP contribution in [0.25, 0.3) is 5.69 Å². The number of alkyl halides is 3. The molecular formula is C11H7BrF3N3S. The van der Waals surface area contributed by atoms with E-state index in [0.717, 1.165) is 17.1 Å². The summed E-state index contributed by atoms with van der Waals surface area (Å²) in [5.74, 6) is 0. The summed E-state index contributed by atoms with van der Waals surface area (Å²) < 4.78 is 39.4. The van der Waals surface area contributed by atoms with E-state index in [2.05, 4.69) is 21.0 Å². The second-order valence-electron chi connectivity index (χ2n) is 3.70. The Morgan fingerprint density at radius 2 is 2.05 bits per heavy atom. The van der Waals surface area contributed by atoms with E-state index in [1.54, 1.807) is 18.2 Å². The first kappa shape index (κ1) is 14.0. The molecule has 3 nitrogen and oxygen atoms in total. The average Bonchev–Trinajstić information content (AvgIpc) is 2.77. The number of benzene rings is 1. The van der Waals surface area contributed by atoms with Crippen molar-refractivity contribution in [2.24, 2.45) is 5.73 Å². The van der Waals surface area contributed by atoms with E-state index in [9.17, 15) is 13.2 Å². The Labute approximate surface area is 120 Å². The number of hydrogen-bond acceptors (Lipinski definition) is 2. The summed E-state index contributed by atoms with van der Waals surface area (Å²) in [4.78, 5) is 0.0894. The SMILES string of the molecule is NC(=S)c1ccc(Br)cc1-n1cc(C(F)(F)F)cn1. The lowest BCUT2D eigenvalue weighted by Crippen LogP contribution is -2.13. The zero-order chi connectivity index (χ0) is 14.2. The minimum atomic E-state index is -4.44. The van der Waals surface area contributed by atoms with Crippen LogP contribution in [0.5, 0.6) is 0 Å². The van der Waals surface area contributed by atoms with Crippen LogP contribution < -0.4 is 5.73 Å². The number of nitrogens with two attached hydrogens (primary N) is 1. The summed E-state index contributed by atoms with van der Waals surface area (Å²) in [6.45, 7) is 0. The van der Waals surface area contributed by atoms with Crippen LogP contribution >= 0.6 is 28.1 Å². The van der Waals surface area contributed by atoms with Crippen molar-refractivity contribution in [3.05, 3.63) is 46.2 Å². The molecule has 2 aromatic rings. The maximum atomic E-state index is 12.5. The van der Waals surface area contributed by atoms with Crippen LogP contribution in [0.15, 0.2) is 35.1 Å². The van der Waals surface area contributed by atoms with Crippen LogP contribution in [-0.4, -0.2) is 14.8 Å². The van der Waals surface area contributed by atoms with E-state index in [1.807, 2.05) is 0 Å². The van der Waals surface area contributed by atoms with Crippen molar-refractivity contribution in [2.45, 2.75) is 6.18 Å². The number of aromatic nitrogens is 2. The van der Waals surface area contributed by atoms with Gasteiger partial charge in [-0.2, -0.15) is 18.3 Å². The Morgan fingerprint density at radius 3 is 2.58 bits per heavy atom. The van der Waals surface area contributed by atoms with Gasteiger partial charge in [0.15, 0.2) is 0 Å². The van der Waals surface area contributed by atoms with Gasteiger partial charge in [-0.25, -0.2) is 4.68 Å². The third kappa shape index (κ3) is 2.95. The molecule has 1 aromatic carbocycles.